The lowest BCUT2D eigenvalue weighted by Gasteiger charge is -2.14. The van der Waals surface area contributed by atoms with Crippen LogP contribution in [0.5, 0.6) is 5.75 Å². The van der Waals surface area contributed by atoms with Crippen LogP contribution in [-0.2, 0) is 0 Å². The molecule has 0 unspecified atom stereocenters. The van der Waals surface area contributed by atoms with Crippen molar-refractivity contribution in [2.45, 2.75) is 13.0 Å². The standard InChI is InChI=1S/C16H17N3O/c1-13(15-6-4-14(11-17)5-7-15)19-9-10-20-16-3-2-8-18-12-16/h2-8,12-13,19H,9-10H2,1H3/t13-/m1/s1. The van der Waals surface area contributed by atoms with Crippen LogP contribution in [0.15, 0.2) is 48.8 Å². The third-order valence-electron chi connectivity index (χ3n) is 3.00. The molecular weight excluding hydrogens is 250 g/mol. The fourth-order valence-corrected chi connectivity index (χ4v) is 1.84. The molecule has 0 aliphatic heterocycles. The predicted molar refractivity (Wildman–Crippen MR) is 77.3 cm³/mol. The zero-order valence-corrected chi connectivity index (χ0v) is 11.4. The molecule has 0 saturated carbocycles. The summed E-state index contributed by atoms with van der Waals surface area (Å²) < 4.78 is 5.56. The summed E-state index contributed by atoms with van der Waals surface area (Å²) in [7, 11) is 0. The number of ether oxygens (including phenoxy) is 1. The van der Waals surface area contributed by atoms with Crippen LogP contribution < -0.4 is 10.1 Å². The van der Waals surface area contributed by atoms with Crippen molar-refractivity contribution in [1.29, 1.82) is 5.26 Å². The van der Waals surface area contributed by atoms with E-state index < -0.39 is 0 Å². The van der Waals surface area contributed by atoms with E-state index in [1.807, 2.05) is 36.4 Å². The number of aromatic nitrogens is 1. The summed E-state index contributed by atoms with van der Waals surface area (Å²) in [6.45, 7) is 3.42. The molecule has 0 fully saturated rings. The molecule has 1 aromatic heterocycles. The van der Waals surface area contributed by atoms with Crippen LogP contribution in [0.4, 0.5) is 0 Å². The summed E-state index contributed by atoms with van der Waals surface area (Å²) in [6, 6.07) is 13.7. The smallest absolute Gasteiger partial charge is 0.137 e. The topological polar surface area (TPSA) is 57.9 Å². The minimum Gasteiger partial charge on any atom is -0.491 e. The van der Waals surface area contributed by atoms with Crippen LogP contribution in [0.25, 0.3) is 0 Å². The lowest BCUT2D eigenvalue weighted by molar-refractivity contribution is 0.306. The first-order valence-electron chi connectivity index (χ1n) is 6.56. The Hall–Kier alpha value is -2.38. The number of hydrogen-bond acceptors (Lipinski definition) is 4. The van der Waals surface area contributed by atoms with Gasteiger partial charge in [-0.05, 0) is 36.8 Å². The molecule has 1 N–H and O–H groups in total. The van der Waals surface area contributed by atoms with Crippen LogP contribution in [0.1, 0.15) is 24.1 Å². The largest absolute Gasteiger partial charge is 0.491 e. The van der Waals surface area contributed by atoms with Gasteiger partial charge in [0.1, 0.15) is 12.4 Å². The Kier molecular flexibility index (Phi) is 5.10. The van der Waals surface area contributed by atoms with Crippen LogP contribution in [0.2, 0.25) is 0 Å². The van der Waals surface area contributed by atoms with Crippen LogP contribution in [-0.4, -0.2) is 18.1 Å². The molecule has 1 atom stereocenters. The third-order valence-corrected chi connectivity index (χ3v) is 3.00. The summed E-state index contributed by atoms with van der Waals surface area (Å²) in [5, 5.41) is 12.1. The normalized spacial score (nSPS) is 11.6. The van der Waals surface area contributed by atoms with Gasteiger partial charge in [0.2, 0.25) is 0 Å². The minimum absolute atomic E-state index is 0.222. The van der Waals surface area contributed by atoms with E-state index in [-0.39, 0.29) is 6.04 Å². The predicted octanol–water partition coefficient (Wildman–Crippen LogP) is 2.68. The molecule has 4 nitrogen and oxygen atoms in total. The molecule has 0 amide bonds. The Morgan fingerprint density at radius 1 is 1.30 bits per heavy atom. The SMILES string of the molecule is C[C@@H](NCCOc1cccnc1)c1ccc(C#N)cc1. The lowest BCUT2D eigenvalue weighted by atomic mass is 10.1. The van der Waals surface area contributed by atoms with Gasteiger partial charge in [0.05, 0.1) is 17.8 Å². The number of rotatable bonds is 6. The highest BCUT2D eigenvalue weighted by Gasteiger charge is 2.04. The first-order valence-corrected chi connectivity index (χ1v) is 6.56. The second-order valence-corrected chi connectivity index (χ2v) is 4.45. The van der Waals surface area contributed by atoms with E-state index in [9.17, 15) is 0 Å². The Morgan fingerprint density at radius 2 is 2.10 bits per heavy atom. The average Bonchev–Trinajstić information content (AvgIpc) is 2.52. The molecule has 2 rings (SSSR count). The maximum absolute atomic E-state index is 8.76. The molecule has 0 saturated heterocycles. The molecule has 0 spiro atoms. The average molecular weight is 267 g/mol. The van der Waals surface area contributed by atoms with E-state index in [0.29, 0.717) is 12.2 Å². The van der Waals surface area contributed by atoms with Gasteiger partial charge in [-0.15, -0.1) is 0 Å². The van der Waals surface area contributed by atoms with Gasteiger partial charge in [0, 0.05) is 18.8 Å². The van der Waals surface area contributed by atoms with Gasteiger partial charge in [0.15, 0.2) is 0 Å². The van der Waals surface area contributed by atoms with E-state index in [0.717, 1.165) is 17.9 Å². The zero-order valence-electron chi connectivity index (χ0n) is 11.4. The zero-order chi connectivity index (χ0) is 14.2. The first-order chi connectivity index (χ1) is 9.79. The summed E-state index contributed by atoms with van der Waals surface area (Å²) in [6.07, 6.45) is 3.42. The van der Waals surface area contributed by atoms with E-state index in [2.05, 4.69) is 23.3 Å². The molecular formula is C16H17N3O. The molecule has 0 aliphatic rings. The van der Waals surface area contributed by atoms with E-state index in [4.69, 9.17) is 10.00 Å². The Bertz CT molecular complexity index is 561. The molecule has 20 heavy (non-hydrogen) atoms. The van der Waals surface area contributed by atoms with Gasteiger partial charge in [-0.3, -0.25) is 4.98 Å². The first kappa shape index (κ1) is 14.0. The van der Waals surface area contributed by atoms with Crippen LogP contribution >= 0.6 is 0 Å². The summed E-state index contributed by atoms with van der Waals surface area (Å²) in [4.78, 5) is 3.99. The van der Waals surface area contributed by atoms with Gasteiger partial charge in [-0.1, -0.05) is 12.1 Å². The van der Waals surface area contributed by atoms with Gasteiger partial charge < -0.3 is 10.1 Å². The number of pyridine rings is 1. The minimum atomic E-state index is 0.222. The molecule has 4 heteroatoms. The third kappa shape index (κ3) is 4.08. The molecule has 0 bridgehead atoms. The summed E-state index contributed by atoms with van der Waals surface area (Å²) in [5.74, 6) is 0.778. The molecule has 102 valence electrons. The number of hydrogen-bond donors (Lipinski definition) is 1. The maximum atomic E-state index is 8.76. The highest BCUT2D eigenvalue weighted by atomic mass is 16.5. The molecule has 2 aromatic rings. The van der Waals surface area contributed by atoms with Gasteiger partial charge in [-0.2, -0.15) is 5.26 Å². The second kappa shape index (κ2) is 7.27. The highest BCUT2D eigenvalue weighted by molar-refractivity contribution is 5.32. The van der Waals surface area contributed by atoms with E-state index in [1.165, 1.54) is 0 Å². The monoisotopic (exact) mass is 267 g/mol. The second-order valence-electron chi connectivity index (χ2n) is 4.45. The van der Waals surface area contributed by atoms with Crippen LogP contribution in [0, 0.1) is 11.3 Å². The highest BCUT2D eigenvalue weighted by Crippen LogP contribution is 2.12. The quantitative estimate of drug-likeness (QED) is 0.817. The Balaban J connectivity index is 1.74. The number of nitrogens with zero attached hydrogens (tertiary/aromatic N) is 2. The maximum Gasteiger partial charge on any atom is 0.137 e. The van der Waals surface area contributed by atoms with Crippen molar-refractivity contribution in [1.82, 2.24) is 10.3 Å². The van der Waals surface area contributed by atoms with Crippen molar-refractivity contribution in [2.24, 2.45) is 0 Å². The van der Waals surface area contributed by atoms with Crippen molar-refractivity contribution < 1.29 is 4.74 Å². The van der Waals surface area contributed by atoms with Gasteiger partial charge in [-0.25, -0.2) is 0 Å². The van der Waals surface area contributed by atoms with Crippen molar-refractivity contribution in [3.05, 3.63) is 59.9 Å². The van der Waals surface area contributed by atoms with Crippen molar-refractivity contribution in [3.8, 4) is 11.8 Å². The van der Waals surface area contributed by atoms with E-state index >= 15 is 0 Å². The van der Waals surface area contributed by atoms with Crippen molar-refractivity contribution in [2.75, 3.05) is 13.2 Å². The van der Waals surface area contributed by atoms with Gasteiger partial charge in [0.25, 0.3) is 0 Å². The van der Waals surface area contributed by atoms with E-state index in [1.54, 1.807) is 12.4 Å². The fourth-order valence-electron chi connectivity index (χ4n) is 1.84. The van der Waals surface area contributed by atoms with Crippen LogP contribution in [0.3, 0.4) is 0 Å². The Labute approximate surface area is 119 Å². The molecule has 0 aliphatic carbocycles. The number of nitriles is 1. The number of benzene rings is 1. The fraction of sp³-hybridized carbons (Fsp3) is 0.250. The Morgan fingerprint density at radius 3 is 2.75 bits per heavy atom. The van der Waals surface area contributed by atoms with Gasteiger partial charge >= 0.3 is 0 Å². The molecule has 1 aromatic carbocycles. The molecule has 0 radical (unpaired) electrons. The van der Waals surface area contributed by atoms with Crippen molar-refractivity contribution in [3.63, 3.8) is 0 Å². The lowest BCUT2D eigenvalue weighted by Crippen LogP contribution is -2.24. The summed E-state index contributed by atoms with van der Waals surface area (Å²) in [5.41, 5.74) is 1.84. The number of nitrogens with one attached hydrogen (secondary N) is 1. The van der Waals surface area contributed by atoms with Crippen molar-refractivity contribution >= 4 is 0 Å². The molecule has 1 heterocycles. The summed E-state index contributed by atoms with van der Waals surface area (Å²) >= 11 is 0.